The van der Waals surface area contributed by atoms with Gasteiger partial charge in [-0.25, -0.2) is 4.79 Å². The van der Waals surface area contributed by atoms with E-state index < -0.39 is 17.8 Å². The van der Waals surface area contributed by atoms with Crippen LogP contribution >= 0.6 is 0 Å². The lowest BCUT2D eigenvalue weighted by atomic mass is 10.1. The molecule has 0 saturated carbocycles. The van der Waals surface area contributed by atoms with E-state index in [1.165, 1.54) is 12.1 Å². The number of benzene rings is 2. The van der Waals surface area contributed by atoms with E-state index in [0.29, 0.717) is 5.69 Å². The molecular weight excluding hydrogens is 383 g/mol. The normalized spacial score (nSPS) is 11.6. The number of nitrogens with zero attached hydrogens (tertiary/aromatic N) is 2. The smallest absolute Gasteiger partial charge is 0.359 e. The minimum atomic E-state index is -4.42. The van der Waals surface area contributed by atoms with Crippen LogP contribution in [-0.2, 0) is 13.2 Å². The number of carbonyl (C=O) groups is 1. The summed E-state index contributed by atoms with van der Waals surface area (Å²) in [4.78, 5) is 15.4. The van der Waals surface area contributed by atoms with Crippen molar-refractivity contribution in [1.29, 1.82) is 0 Å². The highest BCUT2D eigenvalue weighted by Crippen LogP contribution is 2.30. The predicted molar refractivity (Wildman–Crippen MR) is 105 cm³/mol. The molecule has 2 aromatic carbocycles. The lowest BCUT2D eigenvalue weighted by Crippen LogP contribution is -2.19. The van der Waals surface area contributed by atoms with E-state index in [1.54, 1.807) is 10.9 Å². The van der Waals surface area contributed by atoms with Crippen molar-refractivity contribution in [2.24, 2.45) is 7.05 Å². The Morgan fingerprint density at radius 2 is 1.83 bits per heavy atom. The highest BCUT2D eigenvalue weighted by Gasteiger charge is 2.30. The van der Waals surface area contributed by atoms with Crippen LogP contribution in [0.3, 0.4) is 0 Å². The lowest BCUT2D eigenvalue weighted by Gasteiger charge is -2.09. The molecule has 0 radical (unpaired) electrons. The van der Waals surface area contributed by atoms with Crippen molar-refractivity contribution < 1.29 is 18.0 Å². The number of hydrogen-bond acceptors (Lipinski definition) is 2. The summed E-state index contributed by atoms with van der Waals surface area (Å²) in [7, 11) is 1.83. The Hall–Kier alpha value is -3.75. The number of amides is 2. The van der Waals surface area contributed by atoms with Crippen molar-refractivity contribution in [2.75, 3.05) is 10.6 Å². The Kier molecular flexibility index (Phi) is 4.50. The number of urea groups is 1. The van der Waals surface area contributed by atoms with Gasteiger partial charge in [0.1, 0.15) is 0 Å². The summed E-state index contributed by atoms with van der Waals surface area (Å²) < 4.78 is 39.6. The molecule has 6 nitrogen and oxygen atoms in total. The van der Waals surface area contributed by atoms with E-state index in [2.05, 4.69) is 20.7 Å². The molecule has 4 rings (SSSR count). The van der Waals surface area contributed by atoms with Crippen LogP contribution in [-0.4, -0.2) is 20.8 Å². The summed E-state index contributed by atoms with van der Waals surface area (Å²) >= 11 is 0. The third kappa shape index (κ3) is 3.93. The molecule has 0 saturated heterocycles. The number of halogens is 3. The maximum Gasteiger partial charge on any atom is 0.416 e. The fourth-order valence-electron chi connectivity index (χ4n) is 2.98. The number of nitrogens with one attached hydrogen (secondary N) is 3. The molecule has 29 heavy (non-hydrogen) atoms. The zero-order valence-corrected chi connectivity index (χ0v) is 15.2. The third-order valence-electron chi connectivity index (χ3n) is 4.41. The van der Waals surface area contributed by atoms with Gasteiger partial charge in [0, 0.05) is 41.6 Å². The zero-order valence-electron chi connectivity index (χ0n) is 15.2. The van der Waals surface area contributed by atoms with Crippen LogP contribution < -0.4 is 10.6 Å². The minimum absolute atomic E-state index is 0.254. The molecule has 9 heteroatoms. The molecule has 3 N–H and O–H groups in total. The molecule has 0 aliphatic carbocycles. The van der Waals surface area contributed by atoms with Crippen LogP contribution in [0, 0.1) is 0 Å². The van der Waals surface area contributed by atoms with Gasteiger partial charge in [-0.3, -0.25) is 4.68 Å². The minimum Gasteiger partial charge on any atom is -0.359 e. The molecule has 2 aromatic heterocycles. The maximum absolute atomic E-state index is 12.6. The average Bonchev–Trinajstić information content (AvgIpc) is 3.27. The van der Waals surface area contributed by atoms with Crippen LogP contribution in [0.4, 0.5) is 29.3 Å². The van der Waals surface area contributed by atoms with Gasteiger partial charge in [0.25, 0.3) is 0 Å². The molecular formula is C20H16F3N5O. The molecule has 0 bridgehead atoms. The van der Waals surface area contributed by atoms with Crippen molar-refractivity contribution in [3.63, 3.8) is 0 Å². The summed E-state index contributed by atoms with van der Waals surface area (Å²) in [6, 6.07) is 11.3. The molecule has 4 aromatic rings. The first-order valence-corrected chi connectivity index (χ1v) is 8.66. The SMILES string of the molecule is Cn1ccc(-c2ccc3[nH]cc(NC(=O)Nc4ccc(C(F)(F)F)cc4)c3c2)n1. The first-order valence-electron chi connectivity index (χ1n) is 8.66. The zero-order chi connectivity index (χ0) is 20.6. The first kappa shape index (κ1) is 18.6. The Morgan fingerprint density at radius 1 is 1.07 bits per heavy atom. The number of aryl methyl sites for hydroxylation is 1. The van der Waals surface area contributed by atoms with Crippen LogP contribution in [0.2, 0.25) is 0 Å². The number of fused-ring (bicyclic) bond motifs is 1. The molecule has 0 aliphatic heterocycles. The molecule has 2 amide bonds. The van der Waals surface area contributed by atoms with E-state index in [1.807, 2.05) is 37.5 Å². The fraction of sp³-hybridized carbons (Fsp3) is 0.100. The van der Waals surface area contributed by atoms with Crippen LogP contribution in [0.25, 0.3) is 22.2 Å². The average molecular weight is 399 g/mol. The maximum atomic E-state index is 12.6. The number of aromatic amines is 1. The van der Waals surface area contributed by atoms with Gasteiger partial charge >= 0.3 is 12.2 Å². The molecule has 148 valence electrons. The van der Waals surface area contributed by atoms with Gasteiger partial charge in [-0.05, 0) is 42.5 Å². The van der Waals surface area contributed by atoms with Gasteiger partial charge in [0.15, 0.2) is 0 Å². The molecule has 0 unspecified atom stereocenters. The summed E-state index contributed by atoms with van der Waals surface area (Å²) in [6.07, 6.45) is -0.928. The molecule has 0 aliphatic rings. The van der Waals surface area contributed by atoms with Gasteiger partial charge in [-0.1, -0.05) is 6.07 Å². The van der Waals surface area contributed by atoms with Crippen molar-refractivity contribution in [2.45, 2.75) is 6.18 Å². The number of anilines is 2. The molecule has 2 heterocycles. The summed E-state index contributed by atoms with van der Waals surface area (Å²) in [5.41, 5.74) is 2.54. The Morgan fingerprint density at radius 3 is 2.48 bits per heavy atom. The van der Waals surface area contributed by atoms with Gasteiger partial charge in [0.05, 0.1) is 16.9 Å². The highest BCUT2D eigenvalue weighted by molar-refractivity contribution is 6.06. The Balaban J connectivity index is 1.52. The number of carbonyl (C=O) groups excluding carboxylic acids is 1. The van der Waals surface area contributed by atoms with E-state index in [0.717, 1.165) is 34.3 Å². The lowest BCUT2D eigenvalue weighted by molar-refractivity contribution is -0.137. The summed E-state index contributed by atoms with van der Waals surface area (Å²) in [5, 5.41) is 10.4. The van der Waals surface area contributed by atoms with E-state index in [9.17, 15) is 18.0 Å². The standard InChI is InChI=1S/C20H16F3N5O/c1-28-9-8-16(27-28)12-2-7-17-15(10-12)18(11-24-17)26-19(29)25-14-5-3-13(4-6-14)20(21,22)23/h2-11,24H,1H3,(H2,25,26,29). The topological polar surface area (TPSA) is 74.7 Å². The van der Waals surface area contributed by atoms with Crippen molar-refractivity contribution in [3.05, 3.63) is 66.5 Å². The van der Waals surface area contributed by atoms with E-state index in [-0.39, 0.29) is 5.69 Å². The van der Waals surface area contributed by atoms with E-state index in [4.69, 9.17) is 0 Å². The predicted octanol–water partition coefficient (Wildman–Crippen LogP) is 5.23. The highest BCUT2D eigenvalue weighted by atomic mass is 19.4. The summed E-state index contributed by atoms with van der Waals surface area (Å²) in [5.74, 6) is 0. The number of aromatic nitrogens is 3. The number of rotatable bonds is 3. The third-order valence-corrected chi connectivity index (χ3v) is 4.41. The second-order valence-corrected chi connectivity index (χ2v) is 6.49. The van der Waals surface area contributed by atoms with Gasteiger partial charge in [0.2, 0.25) is 0 Å². The first-order chi connectivity index (χ1) is 13.8. The second kappa shape index (κ2) is 7.01. The van der Waals surface area contributed by atoms with Crippen LogP contribution in [0.1, 0.15) is 5.56 Å². The molecule has 0 fully saturated rings. The molecule has 0 atom stereocenters. The van der Waals surface area contributed by atoms with Gasteiger partial charge in [-0.15, -0.1) is 0 Å². The monoisotopic (exact) mass is 399 g/mol. The quantitative estimate of drug-likeness (QED) is 0.441. The van der Waals surface area contributed by atoms with Gasteiger partial charge in [-0.2, -0.15) is 18.3 Å². The number of H-pyrrole nitrogens is 1. The van der Waals surface area contributed by atoms with Crippen molar-refractivity contribution in [3.8, 4) is 11.3 Å². The fourth-order valence-corrected chi connectivity index (χ4v) is 2.98. The van der Waals surface area contributed by atoms with Gasteiger partial charge < -0.3 is 15.6 Å². The van der Waals surface area contributed by atoms with Crippen molar-refractivity contribution >= 4 is 28.3 Å². The second-order valence-electron chi connectivity index (χ2n) is 6.49. The molecule has 0 spiro atoms. The Bertz CT molecular complexity index is 1180. The van der Waals surface area contributed by atoms with Crippen LogP contribution in [0.5, 0.6) is 0 Å². The number of alkyl halides is 3. The van der Waals surface area contributed by atoms with E-state index >= 15 is 0 Å². The Labute approximate surface area is 163 Å². The van der Waals surface area contributed by atoms with Crippen LogP contribution in [0.15, 0.2) is 60.9 Å². The summed E-state index contributed by atoms with van der Waals surface area (Å²) in [6.45, 7) is 0. The largest absolute Gasteiger partial charge is 0.416 e. The number of hydrogen-bond donors (Lipinski definition) is 3. The van der Waals surface area contributed by atoms with Crippen molar-refractivity contribution in [1.82, 2.24) is 14.8 Å².